The Morgan fingerprint density at radius 3 is 2.81 bits per heavy atom. The van der Waals surface area contributed by atoms with Gasteiger partial charge in [-0.1, -0.05) is 16.8 Å². The lowest BCUT2D eigenvalue weighted by molar-refractivity contribution is -0.129. The van der Waals surface area contributed by atoms with Crippen LogP contribution < -0.4 is 0 Å². The van der Waals surface area contributed by atoms with Crippen LogP contribution in [0, 0.1) is 5.41 Å². The Balaban J connectivity index is 1.45. The van der Waals surface area contributed by atoms with E-state index in [1.165, 1.54) is 12.3 Å². The Kier molecular flexibility index (Phi) is 4.46. The molecule has 2 atom stereocenters. The summed E-state index contributed by atoms with van der Waals surface area (Å²) in [7, 11) is 1.78. The maximum absolute atomic E-state index is 15.2. The number of aromatic nitrogens is 5. The van der Waals surface area contributed by atoms with Crippen LogP contribution in [0.25, 0.3) is 11.4 Å². The van der Waals surface area contributed by atoms with Crippen LogP contribution in [-0.4, -0.2) is 66.9 Å². The summed E-state index contributed by atoms with van der Waals surface area (Å²) in [5, 5.41) is 8.06. The first-order chi connectivity index (χ1) is 17.4. The molecule has 9 nitrogen and oxygen atoms in total. The molecule has 2 aliphatic carbocycles. The molecule has 1 amide bonds. The fraction of sp³-hybridized carbons (Fsp3) is 0.360. The summed E-state index contributed by atoms with van der Waals surface area (Å²) in [6.07, 6.45) is 9.57. The number of fused-ring (bicyclic) bond motifs is 5. The molecule has 3 aliphatic heterocycles. The lowest BCUT2D eigenvalue weighted by atomic mass is 9.74. The zero-order chi connectivity index (χ0) is 24.8. The third-order valence-corrected chi connectivity index (χ3v) is 8.27. The number of aliphatic imine (C=N–C) groups is 1. The lowest BCUT2D eigenvalue weighted by Gasteiger charge is -2.42. The van der Waals surface area contributed by atoms with Crippen LogP contribution in [0.5, 0.6) is 0 Å². The smallest absolute Gasteiger partial charge is 0.223 e. The number of carbonyl (C=O) groups excluding carboxylic acids is 2. The largest absolute Gasteiger partial charge is 0.340 e. The highest BCUT2D eigenvalue weighted by atomic mass is 35.5. The van der Waals surface area contributed by atoms with Gasteiger partial charge in [-0.3, -0.25) is 14.6 Å². The summed E-state index contributed by atoms with van der Waals surface area (Å²) in [5.41, 5.74) is 3.66. The SMILES string of the molecule is Cn1nncc1-c1cnc(C2CN3C(=O)CC4(CC4)C3C3=C2C2=CC(=O)C=C(F)C2=C(Cl)C=NC3)[nH]1. The van der Waals surface area contributed by atoms with Crippen molar-refractivity contribution in [1.82, 2.24) is 29.9 Å². The first-order valence-corrected chi connectivity index (χ1v) is 12.2. The van der Waals surface area contributed by atoms with Crippen LogP contribution in [0.15, 0.2) is 62.7 Å². The molecule has 1 saturated carbocycles. The van der Waals surface area contributed by atoms with Gasteiger partial charge in [0.1, 0.15) is 17.3 Å². The molecule has 1 spiro atoms. The Morgan fingerprint density at radius 2 is 2.06 bits per heavy atom. The van der Waals surface area contributed by atoms with E-state index in [4.69, 9.17) is 11.6 Å². The number of amides is 1. The van der Waals surface area contributed by atoms with Crippen LogP contribution in [-0.2, 0) is 16.6 Å². The number of imidazole rings is 1. The van der Waals surface area contributed by atoms with Gasteiger partial charge in [0, 0.05) is 43.3 Å². The van der Waals surface area contributed by atoms with Gasteiger partial charge < -0.3 is 9.88 Å². The number of nitrogens with one attached hydrogen (secondary N) is 1. The van der Waals surface area contributed by atoms with Crippen molar-refractivity contribution < 1.29 is 14.0 Å². The van der Waals surface area contributed by atoms with Gasteiger partial charge in [0.15, 0.2) is 5.78 Å². The molecule has 5 heterocycles. The molecule has 2 aromatic rings. The van der Waals surface area contributed by atoms with Gasteiger partial charge in [-0.2, -0.15) is 0 Å². The topological polar surface area (TPSA) is 109 Å². The predicted molar refractivity (Wildman–Crippen MR) is 129 cm³/mol. The van der Waals surface area contributed by atoms with E-state index < -0.39 is 17.5 Å². The molecule has 2 fully saturated rings. The minimum Gasteiger partial charge on any atom is -0.340 e. The fourth-order valence-electron chi connectivity index (χ4n) is 6.27. The van der Waals surface area contributed by atoms with Gasteiger partial charge in [0.25, 0.3) is 0 Å². The molecule has 2 unspecified atom stereocenters. The highest BCUT2D eigenvalue weighted by Crippen LogP contribution is 2.62. The fourth-order valence-corrected chi connectivity index (χ4v) is 6.53. The van der Waals surface area contributed by atoms with Crippen molar-refractivity contribution in [2.24, 2.45) is 17.5 Å². The Hall–Kier alpha value is -3.66. The minimum atomic E-state index is -0.686. The van der Waals surface area contributed by atoms with E-state index in [1.54, 1.807) is 24.1 Å². The van der Waals surface area contributed by atoms with E-state index in [2.05, 4.69) is 25.3 Å². The third kappa shape index (κ3) is 3.00. The zero-order valence-corrected chi connectivity index (χ0v) is 20.1. The van der Waals surface area contributed by atoms with Crippen molar-refractivity contribution in [3.63, 3.8) is 0 Å². The van der Waals surface area contributed by atoms with E-state index in [-0.39, 0.29) is 28.0 Å². The van der Waals surface area contributed by atoms with Crippen molar-refractivity contribution in [1.29, 1.82) is 0 Å². The van der Waals surface area contributed by atoms with Gasteiger partial charge in [-0.05, 0) is 35.6 Å². The van der Waals surface area contributed by atoms with Gasteiger partial charge in [0.05, 0.1) is 41.6 Å². The van der Waals surface area contributed by atoms with E-state index in [0.29, 0.717) is 36.6 Å². The number of ketones is 1. The molecule has 0 radical (unpaired) electrons. The summed E-state index contributed by atoms with van der Waals surface area (Å²) in [6, 6.07) is -0.132. The number of H-pyrrole nitrogens is 1. The second-order valence-electron chi connectivity index (χ2n) is 10.0. The van der Waals surface area contributed by atoms with Crippen molar-refractivity contribution in [2.45, 2.75) is 31.2 Å². The van der Waals surface area contributed by atoms with Gasteiger partial charge in [-0.25, -0.2) is 14.1 Å². The quantitative estimate of drug-likeness (QED) is 0.675. The molecule has 1 N–H and O–H groups in total. The number of hydrogen-bond acceptors (Lipinski definition) is 6. The number of rotatable bonds is 2. The van der Waals surface area contributed by atoms with E-state index in [1.807, 2.05) is 4.90 Å². The van der Waals surface area contributed by atoms with Gasteiger partial charge in [0.2, 0.25) is 5.91 Å². The molecule has 2 aromatic heterocycles. The molecule has 7 rings (SSSR count). The molecule has 0 bridgehead atoms. The molecule has 182 valence electrons. The molecule has 1 saturated heterocycles. The number of carbonyl (C=O) groups is 2. The third-order valence-electron chi connectivity index (χ3n) is 7.99. The first-order valence-electron chi connectivity index (χ1n) is 11.8. The van der Waals surface area contributed by atoms with Crippen LogP contribution >= 0.6 is 11.6 Å². The Morgan fingerprint density at radius 1 is 1.22 bits per heavy atom. The highest BCUT2D eigenvalue weighted by molar-refractivity contribution is 6.40. The number of nitrogens with zero attached hydrogens (tertiary/aromatic N) is 6. The van der Waals surface area contributed by atoms with Crippen LogP contribution in [0.4, 0.5) is 4.39 Å². The number of allylic oxidation sites excluding steroid dienone is 6. The zero-order valence-electron chi connectivity index (χ0n) is 19.3. The highest BCUT2D eigenvalue weighted by Gasteiger charge is 2.62. The summed E-state index contributed by atoms with van der Waals surface area (Å²) in [5.74, 6) is -0.845. The molecule has 36 heavy (non-hydrogen) atoms. The number of hydrogen-bond donors (Lipinski definition) is 1. The van der Waals surface area contributed by atoms with Crippen LogP contribution in [0.1, 0.15) is 31.0 Å². The molecular formula is C25H21ClFN7O2. The van der Waals surface area contributed by atoms with Crippen LogP contribution in [0.2, 0.25) is 0 Å². The summed E-state index contributed by atoms with van der Waals surface area (Å²) >= 11 is 6.50. The number of aryl methyl sites for hydroxylation is 1. The van der Waals surface area contributed by atoms with E-state index in [9.17, 15) is 9.59 Å². The van der Waals surface area contributed by atoms with Crippen molar-refractivity contribution in [2.75, 3.05) is 13.1 Å². The van der Waals surface area contributed by atoms with Gasteiger partial charge in [-0.15, -0.1) is 5.10 Å². The van der Waals surface area contributed by atoms with E-state index >= 15 is 4.39 Å². The number of halogens is 2. The normalized spacial score (nSPS) is 26.5. The first kappa shape index (κ1) is 21.6. The molecular weight excluding hydrogens is 485 g/mol. The number of aromatic amines is 1. The second-order valence-corrected chi connectivity index (χ2v) is 10.5. The van der Waals surface area contributed by atoms with Crippen molar-refractivity contribution >= 4 is 29.5 Å². The standard InChI is InChI=1S/C25H21ClFN7O2/c1-33-19(10-30-32-33)18-9-29-24(31-18)15-11-34-20(36)6-25(2-3-25)23(34)14-7-28-8-16(26)22-13(21(14)15)4-12(35)5-17(22)27/h4-5,8-10,15,23H,2-3,6-7,11H2,1H3,(H,29,31). The predicted octanol–water partition coefficient (Wildman–Crippen LogP) is 2.92. The average molecular weight is 506 g/mol. The molecule has 5 aliphatic rings. The lowest BCUT2D eigenvalue weighted by Crippen LogP contribution is -2.46. The second kappa shape index (κ2) is 7.42. The maximum atomic E-state index is 15.2. The molecule has 0 aromatic carbocycles. The monoisotopic (exact) mass is 505 g/mol. The maximum Gasteiger partial charge on any atom is 0.223 e. The summed E-state index contributed by atoms with van der Waals surface area (Å²) in [4.78, 5) is 40.2. The van der Waals surface area contributed by atoms with Crippen molar-refractivity contribution in [3.8, 4) is 11.4 Å². The van der Waals surface area contributed by atoms with Crippen molar-refractivity contribution in [3.05, 3.63) is 63.5 Å². The average Bonchev–Trinajstić information content (AvgIpc) is 3.14. The molecule has 11 heteroatoms. The minimum absolute atomic E-state index is 0.108. The van der Waals surface area contributed by atoms with E-state index in [0.717, 1.165) is 35.8 Å². The summed E-state index contributed by atoms with van der Waals surface area (Å²) in [6.45, 7) is 0.674. The Labute approximate surface area is 210 Å². The van der Waals surface area contributed by atoms with Crippen LogP contribution in [0.3, 0.4) is 0 Å². The van der Waals surface area contributed by atoms with Gasteiger partial charge >= 0.3 is 0 Å². The summed E-state index contributed by atoms with van der Waals surface area (Å²) < 4.78 is 16.9. The Bertz CT molecular complexity index is 1520.